The summed E-state index contributed by atoms with van der Waals surface area (Å²) in [7, 11) is 1.59. The van der Waals surface area contributed by atoms with Gasteiger partial charge in [-0.1, -0.05) is 18.2 Å². The molecule has 2 heterocycles. The highest BCUT2D eigenvalue weighted by molar-refractivity contribution is 6.04. The van der Waals surface area contributed by atoms with Gasteiger partial charge in [-0.15, -0.1) is 0 Å². The zero-order valence-electron chi connectivity index (χ0n) is 18.3. The Hall–Kier alpha value is -3.67. The molecule has 1 aromatic heterocycles. The van der Waals surface area contributed by atoms with Gasteiger partial charge >= 0.3 is 0 Å². The van der Waals surface area contributed by atoms with Gasteiger partial charge in [0.05, 0.1) is 24.8 Å². The molecule has 0 atom stereocenters. The van der Waals surface area contributed by atoms with Crippen LogP contribution in [0.3, 0.4) is 0 Å². The summed E-state index contributed by atoms with van der Waals surface area (Å²) < 4.78 is 20.6. The van der Waals surface area contributed by atoms with Crippen molar-refractivity contribution in [2.24, 2.45) is 0 Å². The Balaban J connectivity index is 1.45. The number of hydrogen-bond acceptors (Lipinski definition) is 4. The minimum atomic E-state index is -0.226. The standard InChI is InChI=1S/C26H26FN3O2/c1-19-17-30(18-28-19)24-10-7-22(16-26(24)32-2)25(31)12-15-29-13-3-4-20(11-14-29)21-5-8-23(27)9-6-21/h5-12,15-18H,3-4,13-14H2,1-2H3. The number of ether oxygens (including phenoxy) is 1. The summed E-state index contributed by atoms with van der Waals surface area (Å²) in [6.07, 6.45) is 11.1. The lowest BCUT2D eigenvalue weighted by Gasteiger charge is -2.16. The third-order valence-electron chi connectivity index (χ3n) is 5.57. The van der Waals surface area contributed by atoms with Crippen molar-refractivity contribution in [2.75, 3.05) is 20.2 Å². The molecule has 1 aliphatic rings. The first kappa shape index (κ1) is 21.6. The average Bonchev–Trinajstić information content (AvgIpc) is 3.10. The number of allylic oxidation sites excluding steroid dienone is 2. The van der Waals surface area contributed by atoms with Gasteiger partial charge in [0.25, 0.3) is 0 Å². The van der Waals surface area contributed by atoms with Crippen LogP contribution in [0.15, 0.2) is 73.3 Å². The van der Waals surface area contributed by atoms with Crippen LogP contribution < -0.4 is 4.74 Å². The fourth-order valence-corrected chi connectivity index (χ4v) is 3.82. The number of carbonyl (C=O) groups is 1. The van der Waals surface area contributed by atoms with Gasteiger partial charge in [0.15, 0.2) is 5.78 Å². The molecule has 0 spiro atoms. The van der Waals surface area contributed by atoms with Crippen molar-refractivity contribution in [1.29, 1.82) is 0 Å². The Bertz CT molecular complexity index is 1160. The minimum Gasteiger partial charge on any atom is -0.495 e. The quantitative estimate of drug-likeness (QED) is 0.397. The molecule has 0 saturated carbocycles. The highest BCUT2D eigenvalue weighted by atomic mass is 19.1. The van der Waals surface area contributed by atoms with E-state index in [1.807, 2.05) is 42.1 Å². The summed E-state index contributed by atoms with van der Waals surface area (Å²) in [5, 5.41) is 0. The number of carbonyl (C=O) groups excluding carboxylic acids is 1. The van der Waals surface area contributed by atoms with Crippen molar-refractivity contribution < 1.29 is 13.9 Å². The van der Waals surface area contributed by atoms with Gasteiger partial charge < -0.3 is 14.2 Å². The second-order valence-corrected chi connectivity index (χ2v) is 7.82. The van der Waals surface area contributed by atoms with E-state index in [1.54, 1.807) is 31.6 Å². The fourth-order valence-electron chi connectivity index (χ4n) is 3.82. The van der Waals surface area contributed by atoms with Crippen LogP contribution in [0, 0.1) is 12.7 Å². The minimum absolute atomic E-state index is 0.0800. The molecule has 0 saturated heterocycles. The van der Waals surface area contributed by atoms with Crippen molar-refractivity contribution in [3.63, 3.8) is 0 Å². The van der Waals surface area contributed by atoms with Gasteiger partial charge in [-0.05, 0) is 61.2 Å². The lowest BCUT2D eigenvalue weighted by atomic mass is 10.0. The van der Waals surface area contributed by atoms with E-state index >= 15 is 0 Å². The van der Waals surface area contributed by atoms with E-state index in [4.69, 9.17) is 4.74 Å². The van der Waals surface area contributed by atoms with Crippen LogP contribution >= 0.6 is 0 Å². The van der Waals surface area contributed by atoms with E-state index in [-0.39, 0.29) is 11.6 Å². The number of methoxy groups -OCH3 is 1. The highest BCUT2D eigenvalue weighted by Gasteiger charge is 2.12. The lowest BCUT2D eigenvalue weighted by Crippen LogP contribution is -2.17. The maximum absolute atomic E-state index is 13.2. The van der Waals surface area contributed by atoms with Crippen LogP contribution in [0.25, 0.3) is 11.3 Å². The predicted octanol–water partition coefficient (Wildman–Crippen LogP) is 5.20. The zero-order chi connectivity index (χ0) is 22.5. The zero-order valence-corrected chi connectivity index (χ0v) is 18.3. The molecule has 164 valence electrons. The molecule has 0 fully saturated rings. The Morgan fingerprint density at radius 2 is 2.00 bits per heavy atom. The second-order valence-electron chi connectivity index (χ2n) is 7.82. The first-order valence-electron chi connectivity index (χ1n) is 10.6. The molecule has 5 nitrogen and oxygen atoms in total. The summed E-state index contributed by atoms with van der Waals surface area (Å²) in [6.45, 7) is 3.48. The number of ketones is 1. The summed E-state index contributed by atoms with van der Waals surface area (Å²) in [6, 6.07) is 12.0. The molecule has 0 unspecified atom stereocenters. The van der Waals surface area contributed by atoms with E-state index in [0.29, 0.717) is 17.9 Å². The molecule has 0 aliphatic carbocycles. The summed E-state index contributed by atoms with van der Waals surface area (Å²) in [4.78, 5) is 19.1. The molecule has 1 aliphatic heterocycles. The third kappa shape index (κ3) is 4.97. The molecule has 0 bridgehead atoms. The lowest BCUT2D eigenvalue weighted by molar-refractivity contribution is 0.104. The number of rotatable bonds is 6. The predicted molar refractivity (Wildman–Crippen MR) is 124 cm³/mol. The smallest absolute Gasteiger partial charge is 0.187 e. The molecule has 4 rings (SSSR count). The maximum atomic E-state index is 13.2. The van der Waals surface area contributed by atoms with Crippen molar-refractivity contribution in [2.45, 2.75) is 19.8 Å². The number of halogens is 1. The van der Waals surface area contributed by atoms with Crippen LogP contribution in [0.2, 0.25) is 0 Å². The van der Waals surface area contributed by atoms with Crippen molar-refractivity contribution in [1.82, 2.24) is 14.5 Å². The fraction of sp³-hybridized carbons (Fsp3) is 0.231. The largest absolute Gasteiger partial charge is 0.495 e. The summed E-state index contributed by atoms with van der Waals surface area (Å²) in [5.41, 5.74) is 4.57. The third-order valence-corrected chi connectivity index (χ3v) is 5.57. The molecular formula is C26H26FN3O2. The molecule has 6 heteroatoms. The van der Waals surface area contributed by atoms with E-state index in [1.165, 1.54) is 17.7 Å². The number of aromatic nitrogens is 2. The van der Waals surface area contributed by atoms with Crippen LogP contribution in [0.4, 0.5) is 4.39 Å². The normalized spacial score (nSPS) is 14.3. The Morgan fingerprint density at radius 1 is 1.19 bits per heavy atom. The van der Waals surface area contributed by atoms with E-state index in [2.05, 4.69) is 16.0 Å². The van der Waals surface area contributed by atoms with Gasteiger partial charge in [0, 0.05) is 37.1 Å². The molecule has 0 N–H and O–H groups in total. The van der Waals surface area contributed by atoms with E-state index in [0.717, 1.165) is 36.3 Å². The van der Waals surface area contributed by atoms with Gasteiger partial charge in [0.1, 0.15) is 11.6 Å². The van der Waals surface area contributed by atoms with Gasteiger partial charge in [-0.3, -0.25) is 4.79 Å². The van der Waals surface area contributed by atoms with E-state index in [9.17, 15) is 9.18 Å². The van der Waals surface area contributed by atoms with Crippen LogP contribution in [0.5, 0.6) is 5.75 Å². The van der Waals surface area contributed by atoms with Crippen LogP contribution in [0.1, 0.15) is 34.5 Å². The molecule has 0 radical (unpaired) electrons. The van der Waals surface area contributed by atoms with Crippen LogP contribution in [-0.4, -0.2) is 40.4 Å². The number of hydrogen-bond donors (Lipinski definition) is 0. The maximum Gasteiger partial charge on any atom is 0.187 e. The molecule has 0 amide bonds. The first-order chi connectivity index (χ1) is 15.5. The number of aryl methyl sites for hydroxylation is 1. The van der Waals surface area contributed by atoms with Crippen molar-refractivity contribution in [3.05, 3.63) is 96.0 Å². The average molecular weight is 432 g/mol. The molecule has 32 heavy (non-hydrogen) atoms. The number of nitrogens with zero attached hydrogens (tertiary/aromatic N) is 3. The highest BCUT2D eigenvalue weighted by Crippen LogP contribution is 2.26. The SMILES string of the molecule is COc1cc(C(=O)C=CN2CC=C(c3ccc(F)cc3)CCC2)ccc1-n1cnc(C)c1. The Kier molecular flexibility index (Phi) is 6.50. The first-order valence-corrected chi connectivity index (χ1v) is 10.6. The topological polar surface area (TPSA) is 47.4 Å². The monoisotopic (exact) mass is 431 g/mol. The van der Waals surface area contributed by atoms with E-state index < -0.39 is 0 Å². The Labute approximate surface area is 187 Å². The van der Waals surface area contributed by atoms with Crippen LogP contribution in [-0.2, 0) is 0 Å². The molecular weight excluding hydrogens is 405 g/mol. The van der Waals surface area contributed by atoms with Crippen molar-refractivity contribution in [3.8, 4) is 11.4 Å². The number of benzene rings is 2. The van der Waals surface area contributed by atoms with Crippen molar-refractivity contribution >= 4 is 11.4 Å². The van der Waals surface area contributed by atoms with Gasteiger partial charge in [0.2, 0.25) is 0 Å². The summed E-state index contributed by atoms with van der Waals surface area (Å²) >= 11 is 0. The Morgan fingerprint density at radius 3 is 2.72 bits per heavy atom. The second kappa shape index (κ2) is 9.64. The van der Waals surface area contributed by atoms with Gasteiger partial charge in [-0.25, -0.2) is 9.37 Å². The number of imidazole rings is 1. The summed E-state index contributed by atoms with van der Waals surface area (Å²) in [5.74, 6) is 0.308. The molecule has 3 aromatic rings. The van der Waals surface area contributed by atoms with Gasteiger partial charge in [-0.2, -0.15) is 0 Å². The molecule has 2 aromatic carbocycles.